The summed E-state index contributed by atoms with van der Waals surface area (Å²) in [6.45, 7) is 1.97. The topological polar surface area (TPSA) is 41.6 Å². The first-order valence-corrected chi connectivity index (χ1v) is 4.69. The van der Waals surface area contributed by atoms with E-state index in [9.17, 15) is 0 Å². The van der Waals surface area contributed by atoms with Crippen LogP contribution in [0.3, 0.4) is 0 Å². The Labute approximate surface area is 84.3 Å². The Balaban J connectivity index is 2.41. The summed E-state index contributed by atoms with van der Waals surface area (Å²) < 4.78 is 0.837. The van der Waals surface area contributed by atoms with E-state index in [0.717, 1.165) is 21.6 Å². The van der Waals surface area contributed by atoms with Gasteiger partial charge < -0.3 is 0 Å². The van der Waals surface area contributed by atoms with Gasteiger partial charge in [-0.15, -0.1) is 0 Å². The molecule has 2 aromatic rings. The van der Waals surface area contributed by atoms with Gasteiger partial charge in [0, 0.05) is 17.5 Å². The van der Waals surface area contributed by atoms with Gasteiger partial charge in [-0.1, -0.05) is 0 Å². The van der Waals surface area contributed by atoms with Crippen molar-refractivity contribution in [1.29, 1.82) is 0 Å². The second-order valence-electron chi connectivity index (χ2n) is 2.81. The Morgan fingerprint density at radius 1 is 1.38 bits per heavy atom. The molecular weight excluding hydrogens is 230 g/mol. The van der Waals surface area contributed by atoms with Gasteiger partial charge >= 0.3 is 0 Å². The monoisotopic (exact) mass is 237 g/mol. The molecule has 3 nitrogen and oxygen atoms in total. The van der Waals surface area contributed by atoms with Crippen LogP contribution in [-0.2, 0) is 0 Å². The van der Waals surface area contributed by atoms with E-state index in [0.29, 0.717) is 0 Å². The number of rotatable bonds is 1. The highest BCUT2D eigenvalue weighted by atomic mass is 79.9. The maximum Gasteiger partial charge on any atom is 0.106 e. The van der Waals surface area contributed by atoms with Crippen molar-refractivity contribution in [2.24, 2.45) is 0 Å². The molecule has 2 rings (SSSR count). The summed E-state index contributed by atoms with van der Waals surface area (Å²) >= 11 is 3.28. The quantitative estimate of drug-likeness (QED) is 0.775. The summed E-state index contributed by atoms with van der Waals surface area (Å²) in [4.78, 5) is 4.13. The number of hydrogen-bond acceptors (Lipinski definition) is 2. The fraction of sp³-hybridized carbons (Fsp3) is 0.111. The zero-order valence-corrected chi connectivity index (χ0v) is 8.67. The molecule has 0 bridgehead atoms. The minimum absolute atomic E-state index is 0.837. The molecular formula is C9H8BrN3. The van der Waals surface area contributed by atoms with Crippen molar-refractivity contribution in [3.8, 4) is 11.3 Å². The third-order valence-electron chi connectivity index (χ3n) is 1.73. The molecule has 13 heavy (non-hydrogen) atoms. The zero-order chi connectivity index (χ0) is 9.26. The second-order valence-corrected chi connectivity index (χ2v) is 3.62. The maximum atomic E-state index is 4.14. The summed E-state index contributed by atoms with van der Waals surface area (Å²) in [5, 5.41) is 7.03. The summed E-state index contributed by atoms with van der Waals surface area (Å²) in [6, 6.07) is 5.87. The van der Waals surface area contributed by atoms with Crippen LogP contribution in [0.5, 0.6) is 0 Å². The molecule has 0 aliphatic rings. The molecule has 0 radical (unpaired) electrons. The van der Waals surface area contributed by atoms with Crippen LogP contribution in [0.1, 0.15) is 5.69 Å². The van der Waals surface area contributed by atoms with Crippen molar-refractivity contribution < 1.29 is 0 Å². The molecule has 0 spiro atoms. The lowest BCUT2D eigenvalue weighted by molar-refractivity contribution is 1.05. The molecule has 0 atom stereocenters. The predicted molar refractivity (Wildman–Crippen MR) is 54.3 cm³/mol. The highest BCUT2D eigenvalue weighted by Crippen LogP contribution is 2.17. The average Bonchev–Trinajstić information content (AvgIpc) is 2.53. The van der Waals surface area contributed by atoms with Gasteiger partial charge in [0.25, 0.3) is 0 Å². The Hall–Kier alpha value is -1.16. The number of aromatic nitrogens is 3. The van der Waals surface area contributed by atoms with Crippen molar-refractivity contribution in [2.75, 3.05) is 0 Å². The van der Waals surface area contributed by atoms with Crippen molar-refractivity contribution in [3.05, 3.63) is 34.7 Å². The predicted octanol–water partition coefficient (Wildman–Crippen LogP) is 2.54. The van der Waals surface area contributed by atoms with Crippen molar-refractivity contribution in [2.45, 2.75) is 6.92 Å². The zero-order valence-electron chi connectivity index (χ0n) is 7.08. The number of H-pyrrole nitrogens is 1. The van der Waals surface area contributed by atoms with Crippen LogP contribution >= 0.6 is 15.9 Å². The molecule has 0 saturated carbocycles. The number of hydrogen-bond donors (Lipinski definition) is 1. The SMILES string of the molecule is Cc1cc(-c2ccc(Br)nc2)n[nH]1. The number of aromatic amines is 1. The Morgan fingerprint density at radius 3 is 2.77 bits per heavy atom. The van der Waals surface area contributed by atoms with Gasteiger partial charge in [-0.05, 0) is 41.1 Å². The van der Waals surface area contributed by atoms with Gasteiger partial charge in [0.1, 0.15) is 4.60 Å². The fourth-order valence-electron chi connectivity index (χ4n) is 1.09. The third kappa shape index (κ3) is 1.78. The smallest absolute Gasteiger partial charge is 0.106 e. The molecule has 4 heteroatoms. The van der Waals surface area contributed by atoms with Gasteiger partial charge in [0.2, 0.25) is 0 Å². The number of pyridine rings is 1. The first kappa shape index (κ1) is 8.44. The number of aryl methyl sites for hydroxylation is 1. The number of nitrogens with one attached hydrogen (secondary N) is 1. The average molecular weight is 238 g/mol. The molecule has 1 N–H and O–H groups in total. The Morgan fingerprint density at radius 2 is 2.23 bits per heavy atom. The van der Waals surface area contributed by atoms with E-state index < -0.39 is 0 Å². The molecule has 0 unspecified atom stereocenters. The lowest BCUT2D eigenvalue weighted by atomic mass is 10.2. The van der Waals surface area contributed by atoms with Crippen LogP contribution in [0.15, 0.2) is 29.0 Å². The molecule has 0 aliphatic carbocycles. The Kier molecular flexibility index (Phi) is 2.14. The van der Waals surface area contributed by atoms with Gasteiger partial charge in [-0.2, -0.15) is 5.10 Å². The van der Waals surface area contributed by atoms with E-state index in [1.807, 2.05) is 25.1 Å². The number of halogens is 1. The van der Waals surface area contributed by atoms with Crippen molar-refractivity contribution >= 4 is 15.9 Å². The maximum absolute atomic E-state index is 4.14. The first-order chi connectivity index (χ1) is 6.25. The van der Waals surface area contributed by atoms with Crippen LogP contribution in [-0.4, -0.2) is 15.2 Å². The van der Waals surface area contributed by atoms with Crippen LogP contribution in [0.25, 0.3) is 11.3 Å². The molecule has 0 aliphatic heterocycles. The van der Waals surface area contributed by atoms with E-state index in [-0.39, 0.29) is 0 Å². The summed E-state index contributed by atoms with van der Waals surface area (Å²) in [6.07, 6.45) is 1.79. The van der Waals surface area contributed by atoms with Crippen LogP contribution in [0, 0.1) is 6.92 Å². The largest absolute Gasteiger partial charge is 0.282 e. The lowest BCUT2D eigenvalue weighted by Crippen LogP contribution is -1.80. The van der Waals surface area contributed by atoms with Gasteiger partial charge in [-0.3, -0.25) is 5.10 Å². The summed E-state index contributed by atoms with van der Waals surface area (Å²) in [5.74, 6) is 0. The van der Waals surface area contributed by atoms with E-state index in [4.69, 9.17) is 0 Å². The van der Waals surface area contributed by atoms with E-state index >= 15 is 0 Å². The molecule has 0 aromatic carbocycles. The molecule has 2 aromatic heterocycles. The van der Waals surface area contributed by atoms with Gasteiger partial charge in [0.15, 0.2) is 0 Å². The van der Waals surface area contributed by atoms with Gasteiger partial charge in [-0.25, -0.2) is 4.98 Å². The first-order valence-electron chi connectivity index (χ1n) is 3.89. The van der Waals surface area contributed by atoms with E-state index in [1.54, 1.807) is 6.20 Å². The van der Waals surface area contributed by atoms with Crippen LogP contribution < -0.4 is 0 Å². The minimum Gasteiger partial charge on any atom is -0.282 e. The van der Waals surface area contributed by atoms with Crippen molar-refractivity contribution in [3.63, 3.8) is 0 Å². The molecule has 0 fully saturated rings. The number of nitrogens with zero attached hydrogens (tertiary/aromatic N) is 2. The van der Waals surface area contributed by atoms with Crippen molar-refractivity contribution in [1.82, 2.24) is 15.2 Å². The Bertz CT molecular complexity index is 405. The lowest BCUT2D eigenvalue weighted by Gasteiger charge is -1.94. The van der Waals surface area contributed by atoms with E-state index in [2.05, 4.69) is 31.1 Å². The molecule has 2 heterocycles. The standard InChI is InChI=1S/C9H8BrN3/c1-6-4-8(13-12-6)7-2-3-9(10)11-5-7/h2-5H,1H3,(H,12,13). The normalized spacial score (nSPS) is 10.3. The highest BCUT2D eigenvalue weighted by Gasteiger charge is 2.00. The molecule has 0 amide bonds. The van der Waals surface area contributed by atoms with Crippen LogP contribution in [0.4, 0.5) is 0 Å². The highest BCUT2D eigenvalue weighted by molar-refractivity contribution is 9.10. The van der Waals surface area contributed by atoms with Gasteiger partial charge in [0.05, 0.1) is 5.69 Å². The minimum atomic E-state index is 0.837. The molecule has 0 saturated heterocycles. The van der Waals surface area contributed by atoms with E-state index in [1.165, 1.54) is 0 Å². The van der Waals surface area contributed by atoms with Crippen LogP contribution in [0.2, 0.25) is 0 Å². The third-order valence-corrected chi connectivity index (χ3v) is 2.20. The second kappa shape index (κ2) is 3.30. The summed E-state index contributed by atoms with van der Waals surface area (Å²) in [5.41, 5.74) is 3.00. The summed E-state index contributed by atoms with van der Waals surface area (Å²) in [7, 11) is 0. The fourth-order valence-corrected chi connectivity index (χ4v) is 1.33. The molecule has 66 valence electrons.